The molecular weight excluding hydrogens is 334 g/mol. The monoisotopic (exact) mass is 347 g/mol. The molecule has 8 heteroatoms. The molecule has 1 aromatic heterocycles. The number of carbonyl (C=O) groups is 1. The van der Waals surface area contributed by atoms with Crippen LogP contribution in [0.4, 0.5) is 0 Å². The van der Waals surface area contributed by atoms with Crippen molar-refractivity contribution in [2.75, 3.05) is 7.11 Å². The van der Waals surface area contributed by atoms with Gasteiger partial charge in [0.1, 0.15) is 22.2 Å². The molecule has 0 atom stereocenters. The molecule has 0 unspecified atom stereocenters. The SMILES string of the molecule is COc1ccc(CN2SN=C(c3nccs3)C=C2C(=O)O)cc1. The highest BCUT2D eigenvalue weighted by Crippen LogP contribution is 2.29. The fourth-order valence-electron chi connectivity index (χ4n) is 2.00. The quantitative estimate of drug-likeness (QED) is 0.838. The van der Waals surface area contributed by atoms with Crippen LogP contribution in [-0.2, 0) is 11.3 Å². The normalized spacial score (nSPS) is 14.2. The lowest BCUT2D eigenvalue weighted by Gasteiger charge is -2.24. The van der Waals surface area contributed by atoms with Crippen LogP contribution in [0.1, 0.15) is 10.6 Å². The number of hydrogen-bond acceptors (Lipinski definition) is 7. The predicted molar refractivity (Wildman–Crippen MR) is 90.5 cm³/mol. The van der Waals surface area contributed by atoms with Gasteiger partial charge in [0.15, 0.2) is 0 Å². The zero-order valence-electron chi connectivity index (χ0n) is 12.2. The van der Waals surface area contributed by atoms with Crippen LogP contribution >= 0.6 is 23.5 Å². The van der Waals surface area contributed by atoms with Crippen molar-refractivity contribution in [1.82, 2.24) is 9.29 Å². The molecule has 1 aromatic carbocycles. The number of carboxylic acid groups (broad SMARTS) is 1. The Morgan fingerprint density at radius 1 is 1.35 bits per heavy atom. The topological polar surface area (TPSA) is 75.0 Å². The van der Waals surface area contributed by atoms with Crippen LogP contribution in [0.3, 0.4) is 0 Å². The van der Waals surface area contributed by atoms with Crippen LogP contribution in [0.15, 0.2) is 52.0 Å². The number of hydrogen-bond donors (Lipinski definition) is 1. The summed E-state index contributed by atoms with van der Waals surface area (Å²) in [5, 5.41) is 12.0. The Kier molecular flexibility index (Phi) is 4.63. The lowest BCUT2D eigenvalue weighted by Crippen LogP contribution is -2.24. The minimum atomic E-state index is -0.991. The Bertz CT molecular complexity index is 755. The van der Waals surface area contributed by atoms with E-state index < -0.39 is 5.97 Å². The summed E-state index contributed by atoms with van der Waals surface area (Å²) in [5.74, 6) is -0.229. The molecule has 1 aliphatic rings. The second kappa shape index (κ2) is 6.84. The first-order valence-electron chi connectivity index (χ1n) is 6.68. The van der Waals surface area contributed by atoms with Crippen molar-refractivity contribution in [1.29, 1.82) is 0 Å². The summed E-state index contributed by atoms with van der Waals surface area (Å²) in [7, 11) is 1.61. The standard InChI is InChI=1S/C15H13N3O3S2/c1-21-11-4-2-10(3-5-11)9-18-13(15(19)20)8-12(17-23-18)14-16-6-7-22-14/h2-8H,9H2,1H3,(H,19,20). The largest absolute Gasteiger partial charge is 0.497 e. The number of aromatic nitrogens is 1. The molecule has 2 heterocycles. The highest BCUT2D eigenvalue weighted by Gasteiger charge is 2.24. The molecule has 3 rings (SSSR count). The second-order valence-electron chi connectivity index (χ2n) is 4.61. The number of thiazole rings is 1. The van der Waals surface area contributed by atoms with E-state index in [1.807, 2.05) is 29.6 Å². The summed E-state index contributed by atoms with van der Waals surface area (Å²) >= 11 is 2.55. The maximum atomic E-state index is 11.6. The summed E-state index contributed by atoms with van der Waals surface area (Å²) in [6.45, 7) is 0.432. The second-order valence-corrected chi connectivity index (χ2v) is 6.30. The van der Waals surface area contributed by atoms with E-state index in [0.717, 1.165) is 23.4 Å². The Hall–Kier alpha value is -2.32. The van der Waals surface area contributed by atoms with Crippen LogP contribution in [-0.4, -0.2) is 33.2 Å². The first kappa shape index (κ1) is 15.6. The van der Waals surface area contributed by atoms with Crippen molar-refractivity contribution in [3.63, 3.8) is 0 Å². The summed E-state index contributed by atoms with van der Waals surface area (Å²) in [5.41, 5.74) is 1.73. The lowest BCUT2D eigenvalue weighted by molar-refractivity contribution is -0.133. The van der Waals surface area contributed by atoms with E-state index >= 15 is 0 Å². The van der Waals surface area contributed by atoms with E-state index in [-0.39, 0.29) is 5.70 Å². The van der Waals surface area contributed by atoms with Crippen molar-refractivity contribution in [3.8, 4) is 5.75 Å². The van der Waals surface area contributed by atoms with Gasteiger partial charge in [-0.25, -0.2) is 9.78 Å². The number of allylic oxidation sites excluding steroid dienone is 1. The first-order chi connectivity index (χ1) is 11.2. The summed E-state index contributed by atoms with van der Waals surface area (Å²) in [6, 6.07) is 7.49. The van der Waals surface area contributed by atoms with E-state index in [0.29, 0.717) is 17.3 Å². The van der Waals surface area contributed by atoms with Gasteiger partial charge in [0.25, 0.3) is 0 Å². The van der Waals surface area contributed by atoms with Crippen molar-refractivity contribution in [2.24, 2.45) is 4.40 Å². The zero-order valence-corrected chi connectivity index (χ0v) is 13.8. The molecule has 0 saturated carbocycles. The van der Waals surface area contributed by atoms with E-state index in [1.54, 1.807) is 23.7 Å². The van der Waals surface area contributed by atoms with Gasteiger partial charge in [0.2, 0.25) is 0 Å². The first-order valence-corrected chi connectivity index (χ1v) is 8.29. The average molecular weight is 347 g/mol. The van der Waals surface area contributed by atoms with Gasteiger partial charge in [0, 0.05) is 11.6 Å². The minimum absolute atomic E-state index is 0.186. The number of benzene rings is 1. The van der Waals surface area contributed by atoms with Gasteiger partial charge >= 0.3 is 5.97 Å². The number of rotatable bonds is 5. The lowest BCUT2D eigenvalue weighted by atomic mass is 10.2. The highest BCUT2D eigenvalue weighted by atomic mass is 32.2. The zero-order chi connectivity index (χ0) is 16.2. The molecule has 0 aliphatic carbocycles. The molecule has 0 saturated heterocycles. The van der Waals surface area contributed by atoms with Gasteiger partial charge in [-0.3, -0.25) is 4.31 Å². The Morgan fingerprint density at radius 2 is 2.13 bits per heavy atom. The van der Waals surface area contributed by atoms with Gasteiger partial charge in [-0.05, 0) is 23.8 Å². The van der Waals surface area contributed by atoms with Crippen molar-refractivity contribution >= 4 is 35.2 Å². The van der Waals surface area contributed by atoms with E-state index in [4.69, 9.17) is 4.74 Å². The maximum Gasteiger partial charge on any atom is 0.353 e. The molecule has 0 radical (unpaired) electrons. The highest BCUT2D eigenvalue weighted by molar-refractivity contribution is 7.96. The molecule has 0 fully saturated rings. The Balaban J connectivity index is 1.80. The molecule has 6 nitrogen and oxygen atoms in total. The summed E-state index contributed by atoms with van der Waals surface area (Å²) in [6.07, 6.45) is 3.23. The number of nitrogens with zero attached hydrogens (tertiary/aromatic N) is 3. The Labute approximate surface area is 141 Å². The molecular formula is C15H13N3O3S2. The van der Waals surface area contributed by atoms with Gasteiger partial charge < -0.3 is 9.84 Å². The van der Waals surface area contributed by atoms with Crippen LogP contribution in [0.5, 0.6) is 5.75 Å². The minimum Gasteiger partial charge on any atom is -0.497 e. The summed E-state index contributed by atoms with van der Waals surface area (Å²) in [4.78, 5) is 15.7. The third kappa shape index (κ3) is 3.54. The molecule has 1 aliphatic heterocycles. The molecule has 2 aromatic rings. The molecule has 0 spiro atoms. The number of aliphatic carboxylic acids is 1. The van der Waals surface area contributed by atoms with Crippen LogP contribution in [0.2, 0.25) is 0 Å². The molecule has 0 amide bonds. The van der Waals surface area contributed by atoms with Gasteiger partial charge in [0.05, 0.1) is 25.8 Å². The fraction of sp³-hybridized carbons (Fsp3) is 0.133. The summed E-state index contributed by atoms with van der Waals surface area (Å²) < 4.78 is 11.1. The number of ether oxygens (including phenoxy) is 1. The van der Waals surface area contributed by atoms with Crippen molar-refractivity contribution in [3.05, 3.63) is 58.2 Å². The molecule has 0 bridgehead atoms. The van der Waals surface area contributed by atoms with Crippen molar-refractivity contribution < 1.29 is 14.6 Å². The molecule has 1 N–H and O–H groups in total. The van der Waals surface area contributed by atoms with Gasteiger partial charge in [-0.2, -0.15) is 4.40 Å². The van der Waals surface area contributed by atoms with Gasteiger partial charge in [-0.1, -0.05) is 12.1 Å². The van der Waals surface area contributed by atoms with Crippen LogP contribution < -0.4 is 4.74 Å². The fourth-order valence-corrected chi connectivity index (χ4v) is 3.40. The van der Waals surface area contributed by atoms with E-state index in [9.17, 15) is 9.90 Å². The number of carboxylic acids is 1. The number of methoxy groups -OCH3 is 1. The molecule has 23 heavy (non-hydrogen) atoms. The third-order valence-electron chi connectivity index (χ3n) is 3.14. The average Bonchev–Trinajstić information content (AvgIpc) is 3.10. The van der Waals surface area contributed by atoms with E-state index in [2.05, 4.69) is 9.38 Å². The Morgan fingerprint density at radius 3 is 2.74 bits per heavy atom. The predicted octanol–water partition coefficient (Wildman–Crippen LogP) is 2.99. The van der Waals surface area contributed by atoms with E-state index in [1.165, 1.54) is 11.3 Å². The smallest absolute Gasteiger partial charge is 0.353 e. The maximum absolute atomic E-state index is 11.6. The third-order valence-corrected chi connectivity index (χ3v) is 4.73. The van der Waals surface area contributed by atoms with Crippen LogP contribution in [0.25, 0.3) is 0 Å². The van der Waals surface area contributed by atoms with Gasteiger partial charge in [-0.15, -0.1) is 11.3 Å². The van der Waals surface area contributed by atoms with Crippen LogP contribution in [0, 0.1) is 0 Å². The van der Waals surface area contributed by atoms with Crippen molar-refractivity contribution in [2.45, 2.75) is 6.54 Å². The molecule has 118 valence electrons.